The Balaban J connectivity index is 1.89. The smallest absolute Gasteiger partial charge is 0.175 e. The standard InChI is InChI=1S/C23H24N2OS/c1-15-12-16(2)18(4)23(17(15)3)27-14-22(26)20-13-25(11-7-10-24)21-9-6-5-8-19(20)21/h5-6,8-9,12-13H,7,11,14H2,1-4H3. The molecule has 0 bridgehead atoms. The van der Waals surface area contributed by atoms with Crippen molar-refractivity contribution in [1.29, 1.82) is 5.26 Å². The number of aromatic nitrogens is 1. The molecule has 4 heteroatoms. The highest BCUT2D eigenvalue weighted by atomic mass is 32.2. The van der Waals surface area contributed by atoms with Crippen LogP contribution in [-0.4, -0.2) is 16.1 Å². The van der Waals surface area contributed by atoms with Gasteiger partial charge in [-0.15, -0.1) is 11.8 Å². The van der Waals surface area contributed by atoms with Crippen molar-refractivity contribution in [1.82, 2.24) is 4.57 Å². The van der Waals surface area contributed by atoms with Crippen LogP contribution >= 0.6 is 11.8 Å². The zero-order valence-electron chi connectivity index (χ0n) is 16.3. The predicted octanol–water partition coefficient (Wildman–Crippen LogP) is 5.76. The normalized spacial score (nSPS) is 10.9. The molecule has 0 fully saturated rings. The number of hydrogen-bond acceptors (Lipinski definition) is 3. The Morgan fingerprint density at radius 1 is 1.11 bits per heavy atom. The zero-order chi connectivity index (χ0) is 19.6. The van der Waals surface area contributed by atoms with E-state index in [1.54, 1.807) is 11.8 Å². The van der Waals surface area contributed by atoms with Crippen LogP contribution in [0.2, 0.25) is 0 Å². The summed E-state index contributed by atoms with van der Waals surface area (Å²) in [5.74, 6) is 0.543. The molecule has 3 nitrogen and oxygen atoms in total. The van der Waals surface area contributed by atoms with Gasteiger partial charge in [-0.05, 0) is 56.0 Å². The molecule has 3 aromatic rings. The van der Waals surface area contributed by atoms with Crippen LogP contribution in [0.25, 0.3) is 10.9 Å². The molecule has 1 heterocycles. The van der Waals surface area contributed by atoms with Gasteiger partial charge in [0.1, 0.15) is 0 Å². The number of ketones is 1. The van der Waals surface area contributed by atoms with Gasteiger partial charge in [-0.25, -0.2) is 0 Å². The average Bonchev–Trinajstić information content (AvgIpc) is 3.03. The second-order valence-electron chi connectivity index (χ2n) is 6.96. The van der Waals surface area contributed by atoms with Crippen LogP contribution in [0.4, 0.5) is 0 Å². The topological polar surface area (TPSA) is 45.8 Å². The van der Waals surface area contributed by atoms with Gasteiger partial charge in [0.05, 0.1) is 18.2 Å². The number of rotatable bonds is 6. The average molecular weight is 377 g/mol. The van der Waals surface area contributed by atoms with Crippen LogP contribution in [0, 0.1) is 39.0 Å². The van der Waals surface area contributed by atoms with Crippen molar-refractivity contribution in [2.45, 2.75) is 45.6 Å². The largest absolute Gasteiger partial charge is 0.346 e. The van der Waals surface area contributed by atoms with E-state index in [4.69, 9.17) is 5.26 Å². The highest BCUT2D eigenvalue weighted by molar-refractivity contribution is 8.00. The fraction of sp³-hybridized carbons (Fsp3) is 0.304. The molecule has 0 unspecified atom stereocenters. The first-order valence-corrected chi connectivity index (χ1v) is 10.1. The van der Waals surface area contributed by atoms with Crippen molar-refractivity contribution in [3.8, 4) is 6.07 Å². The van der Waals surface area contributed by atoms with E-state index in [0.717, 1.165) is 16.5 Å². The molecule has 0 saturated heterocycles. The number of Topliss-reactive ketones (excluding diaryl/α,β-unsaturated/α-hetero) is 1. The summed E-state index contributed by atoms with van der Waals surface area (Å²) in [6.45, 7) is 9.10. The molecule has 0 saturated carbocycles. The maximum atomic E-state index is 13.0. The number of thioether (sulfide) groups is 1. The summed E-state index contributed by atoms with van der Waals surface area (Å²) in [6, 6.07) is 12.3. The van der Waals surface area contributed by atoms with Gasteiger partial charge in [0.15, 0.2) is 5.78 Å². The number of benzene rings is 2. The lowest BCUT2D eigenvalue weighted by Crippen LogP contribution is -2.03. The number of carbonyl (C=O) groups is 1. The van der Waals surface area contributed by atoms with Crippen molar-refractivity contribution in [2.24, 2.45) is 0 Å². The molecule has 0 aliphatic rings. The minimum absolute atomic E-state index is 0.130. The summed E-state index contributed by atoms with van der Waals surface area (Å²) in [5.41, 5.74) is 6.80. The first kappa shape index (κ1) is 19.3. The van der Waals surface area contributed by atoms with Crippen LogP contribution in [0.15, 0.2) is 41.4 Å². The lowest BCUT2D eigenvalue weighted by atomic mass is 10.0. The fourth-order valence-corrected chi connectivity index (χ4v) is 4.62. The summed E-state index contributed by atoms with van der Waals surface area (Å²) in [6.07, 6.45) is 2.34. The maximum Gasteiger partial charge on any atom is 0.175 e. The van der Waals surface area contributed by atoms with Crippen molar-refractivity contribution >= 4 is 28.4 Å². The summed E-state index contributed by atoms with van der Waals surface area (Å²) >= 11 is 1.63. The number of hydrogen-bond donors (Lipinski definition) is 0. The first-order chi connectivity index (χ1) is 12.9. The highest BCUT2D eigenvalue weighted by Gasteiger charge is 2.17. The molecule has 0 spiro atoms. The van der Waals surface area contributed by atoms with E-state index < -0.39 is 0 Å². The summed E-state index contributed by atoms with van der Waals surface area (Å²) in [5, 5.41) is 9.86. The Bertz CT molecular complexity index is 1030. The van der Waals surface area contributed by atoms with Gasteiger partial charge in [-0.1, -0.05) is 24.3 Å². The molecular weight excluding hydrogens is 352 g/mol. The Hall–Kier alpha value is -2.51. The van der Waals surface area contributed by atoms with Gasteiger partial charge < -0.3 is 4.57 Å². The SMILES string of the molecule is Cc1cc(C)c(C)c(SCC(=O)c2cn(CCC#N)c3ccccc23)c1C. The van der Waals surface area contributed by atoms with Crippen molar-refractivity contribution in [2.75, 3.05) is 5.75 Å². The minimum Gasteiger partial charge on any atom is -0.346 e. The van der Waals surface area contributed by atoms with Gasteiger partial charge in [0, 0.05) is 34.1 Å². The third-order valence-electron chi connectivity index (χ3n) is 5.20. The first-order valence-electron chi connectivity index (χ1n) is 9.12. The van der Waals surface area contributed by atoms with E-state index >= 15 is 0 Å². The summed E-state index contributed by atoms with van der Waals surface area (Å²) in [4.78, 5) is 14.2. The lowest BCUT2D eigenvalue weighted by molar-refractivity contribution is 0.102. The summed E-state index contributed by atoms with van der Waals surface area (Å²) < 4.78 is 2.02. The minimum atomic E-state index is 0.130. The predicted molar refractivity (Wildman–Crippen MR) is 113 cm³/mol. The lowest BCUT2D eigenvalue weighted by Gasteiger charge is -2.14. The Morgan fingerprint density at radius 3 is 2.44 bits per heavy atom. The Kier molecular flexibility index (Phi) is 5.72. The van der Waals surface area contributed by atoms with E-state index in [1.165, 1.54) is 27.1 Å². The molecular formula is C23H24N2OS. The van der Waals surface area contributed by atoms with Crippen molar-refractivity contribution < 1.29 is 4.79 Å². The van der Waals surface area contributed by atoms with Crippen LogP contribution < -0.4 is 0 Å². The van der Waals surface area contributed by atoms with Gasteiger partial charge in [-0.2, -0.15) is 5.26 Å². The number of fused-ring (bicyclic) bond motifs is 1. The number of aryl methyl sites for hydroxylation is 3. The van der Waals surface area contributed by atoms with E-state index in [-0.39, 0.29) is 5.78 Å². The van der Waals surface area contributed by atoms with Crippen LogP contribution in [-0.2, 0) is 6.54 Å². The molecule has 2 aromatic carbocycles. The van der Waals surface area contributed by atoms with Gasteiger partial charge in [0.2, 0.25) is 0 Å². The molecule has 0 N–H and O–H groups in total. The van der Waals surface area contributed by atoms with Crippen LogP contribution in [0.1, 0.15) is 39.0 Å². The number of para-hydroxylation sites is 1. The third kappa shape index (κ3) is 3.79. The van der Waals surface area contributed by atoms with Crippen LogP contribution in [0.5, 0.6) is 0 Å². The van der Waals surface area contributed by atoms with E-state index in [0.29, 0.717) is 18.7 Å². The molecule has 0 aliphatic carbocycles. The number of carbonyl (C=O) groups excluding carboxylic acids is 1. The Morgan fingerprint density at radius 2 is 1.78 bits per heavy atom. The molecule has 138 valence electrons. The number of nitriles is 1. The molecule has 0 amide bonds. The van der Waals surface area contributed by atoms with Gasteiger partial charge in [0.25, 0.3) is 0 Å². The fourth-order valence-electron chi connectivity index (χ4n) is 3.44. The van der Waals surface area contributed by atoms with E-state index in [2.05, 4.69) is 39.8 Å². The Labute approximate surface area is 165 Å². The number of nitrogens with zero attached hydrogens (tertiary/aromatic N) is 2. The second-order valence-corrected chi connectivity index (χ2v) is 7.95. The molecule has 0 radical (unpaired) electrons. The molecule has 1 aromatic heterocycles. The van der Waals surface area contributed by atoms with Crippen LogP contribution in [0.3, 0.4) is 0 Å². The van der Waals surface area contributed by atoms with E-state index in [1.807, 2.05) is 35.0 Å². The van der Waals surface area contributed by atoms with Crippen molar-refractivity contribution in [3.05, 3.63) is 64.3 Å². The molecule has 0 atom stereocenters. The monoisotopic (exact) mass is 376 g/mol. The van der Waals surface area contributed by atoms with Gasteiger partial charge in [-0.3, -0.25) is 4.79 Å². The molecule has 0 aliphatic heterocycles. The molecule has 27 heavy (non-hydrogen) atoms. The molecule has 3 rings (SSSR count). The van der Waals surface area contributed by atoms with Crippen molar-refractivity contribution in [3.63, 3.8) is 0 Å². The maximum absolute atomic E-state index is 13.0. The highest BCUT2D eigenvalue weighted by Crippen LogP contribution is 2.32. The van der Waals surface area contributed by atoms with E-state index in [9.17, 15) is 4.79 Å². The quantitative estimate of drug-likeness (QED) is 0.406. The zero-order valence-corrected chi connectivity index (χ0v) is 17.1. The van der Waals surface area contributed by atoms with Gasteiger partial charge >= 0.3 is 0 Å². The third-order valence-corrected chi connectivity index (χ3v) is 6.51. The second kappa shape index (κ2) is 8.02. The summed E-state index contributed by atoms with van der Waals surface area (Å²) in [7, 11) is 0.